The predicted octanol–water partition coefficient (Wildman–Crippen LogP) is 2.66. The van der Waals surface area contributed by atoms with Crippen LogP contribution in [0.4, 0.5) is 0 Å². The molecule has 0 bridgehead atoms. The van der Waals surface area contributed by atoms with Gasteiger partial charge in [-0.3, -0.25) is 0 Å². The third-order valence-corrected chi connectivity index (χ3v) is 6.20. The molecule has 2 rings (SSSR count). The first kappa shape index (κ1) is 27.9. The average molecular weight is 469 g/mol. The molecule has 1 aliphatic rings. The van der Waals surface area contributed by atoms with Gasteiger partial charge in [0.05, 0.1) is 31.5 Å². The van der Waals surface area contributed by atoms with Crippen LogP contribution in [0.5, 0.6) is 0 Å². The van der Waals surface area contributed by atoms with Crippen molar-refractivity contribution in [1.29, 1.82) is 0 Å². The number of hydrogen-bond acceptors (Lipinski definition) is 8. The van der Waals surface area contributed by atoms with Crippen LogP contribution < -0.4 is 0 Å². The first-order chi connectivity index (χ1) is 15.7. The van der Waals surface area contributed by atoms with Crippen molar-refractivity contribution in [3.8, 4) is 0 Å². The Morgan fingerprint density at radius 2 is 1.91 bits per heavy atom. The molecule has 8 nitrogen and oxygen atoms in total. The molecule has 0 aromatic heterocycles. The van der Waals surface area contributed by atoms with Crippen LogP contribution in [0.3, 0.4) is 0 Å². The van der Waals surface area contributed by atoms with Crippen molar-refractivity contribution in [3.63, 3.8) is 0 Å². The molecule has 0 radical (unpaired) electrons. The lowest BCUT2D eigenvalue weighted by Crippen LogP contribution is -2.67. The monoisotopic (exact) mass is 468 g/mol. The zero-order valence-corrected chi connectivity index (χ0v) is 20.4. The number of benzene rings is 1. The summed E-state index contributed by atoms with van der Waals surface area (Å²) in [4.78, 5) is 0. The molecule has 2 N–H and O–H groups in total. The van der Waals surface area contributed by atoms with Crippen molar-refractivity contribution in [2.75, 3.05) is 34.7 Å². The summed E-state index contributed by atoms with van der Waals surface area (Å²) in [5.74, 6) is -1.48. The first-order valence-corrected chi connectivity index (χ1v) is 11.2. The molecular formula is C25H40O8. The second-order valence-corrected chi connectivity index (χ2v) is 9.01. The number of aliphatic hydroxyl groups is 2. The maximum atomic E-state index is 11.0. The molecule has 1 aromatic carbocycles. The maximum Gasteiger partial charge on any atom is 0.204 e. The molecule has 6 atom stereocenters. The van der Waals surface area contributed by atoms with E-state index in [1.165, 1.54) is 7.11 Å². The van der Waals surface area contributed by atoms with Crippen LogP contribution in [0.15, 0.2) is 43.0 Å². The number of ether oxygens (including phenoxy) is 6. The first-order valence-electron chi connectivity index (χ1n) is 11.2. The molecule has 188 valence electrons. The van der Waals surface area contributed by atoms with Crippen molar-refractivity contribution >= 4 is 0 Å². The normalized spacial score (nSPS) is 27.8. The molecular weight excluding hydrogens is 428 g/mol. The number of rotatable bonds is 14. The summed E-state index contributed by atoms with van der Waals surface area (Å²) in [7, 11) is 4.59. The Bertz CT molecular complexity index is 697. The molecule has 0 saturated carbocycles. The van der Waals surface area contributed by atoms with Gasteiger partial charge in [-0.2, -0.15) is 0 Å². The van der Waals surface area contributed by atoms with E-state index in [4.69, 9.17) is 28.4 Å². The third kappa shape index (κ3) is 6.83. The van der Waals surface area contributed by atoms with E-state index in [-0.39, 0.29) is 19.8 Å². The quantitative estimate of drug-likeness (QED) is 0.318. The highest BCUT2D eigenvalue weighted by Gasteiger charge is 2.59. The molecule has 1 aromatic rings. The Morgan fingerprint density at radius 1 is 1.21 bits per heavy atom. The molecule has 8 heteroatoms. The van der Waals surface area contributed by atoms with E-state index in [1.54, 1.807) is 20.3 Å². The Kier molecular flexibility index (Phi) is 10.9. The van der Waals surface area contributed by atoms with Gasteiger partial charge in [0.1, 0.15) is 19.0 Å². The predicted molar refractivity (Wildman–Crippen MR) is 123 cm³/mol. The molecule has 0 amide bonds. The second-order valence-electron chi connectivity index (χ2n) is 9.01. The molecule has 1 heterocycles. The van der Waals surface area contributed by atoms with Gasteiger partial charge in [0.25, 0.3) is 0 Å². The summed E-state index contributed by atoms with van der Waals surface area (Å²) >= 11 is 0. The van der Waals surface area contributed by atoms with Crippen LogP contribution in [0.1, 0.15) is 32.3 Å². The smallest absolute Gasteiger partial charge is 0.204 e. The fourth-order valence-electron chi connectivity index (χ4n) is 4.36. The van der Waals surface area contributed by atoms with Gasteiger partial charge >= 0.3 is 0 Å². The summed E-state index contributed by atoms with van der Waals surface area (Å²) in [6.07, 6.45) is -1.32. The lowest BCUT2D eigenvalue weighted by atomic mass is 9.75. The van der Waals surface area contributed by atoms with Gasteiger partial charge in [0.2, 0.25) is 5.79 Å². The Morgan fingerprint density at radius 3 is 2.48 bits per heavy atom. The van der Waals surface area contributed by atoms with Crippen LogP contribution in [-0.2, 0) is 35.0 Å². The number of aliphatic hydroxyl groups excluding tert-OH is 2. The minimum absolute atomic E-state index is 0.0944. The zero-order valence-electron chi connectivity index (χ0n) is 20.4. The lowest BCUT2D eigenvalue weighted by molar-refractivity contribution is -0.380. The fraction of sp³-hybridized carbons (Fsp3) is 0.680. The summed E-state index contributed by atoms with van der Waals surface area (Å²) in [5, 5.41) is 21.7. The van der Waals surface area contributed by atoms with E-state index in [1.807, 2.05) is 44.2 Å². The minimum Gasteiger partial charge on any atom is -0.390 e. The SMILES string of the molecule is C=C[C@H](OCOC)[C@H](C[C@@H]1C[C@H](O)[C@H](O)[C@](OC)(C(C)(C)COCc2ccccc2)O1)OC. The topological polar surface area (TPSA) is 95.8 Å². The molecule has 1 saturated heterocycles. The average Bonchev–Trinajstić information content (AvgIpc) is 2.81. The van der Waals surface area contributed by atoms with E-state index in [0.29, 0.717) is 13.0 Å². The Balaban J connectivity index is 2.15. The van der Waals surface area contributed by atoms with Gasteiger partial charge in [0, 0.05) is 39.6 Å². The molecule has 0 unspecified atom stereocenters. The van der Waals surface area contributed by atoms with E-state index in [2.05, 4.69) is 6.58 Å². The summed E-state index contributed by atoms with van der Waals surface area (Å²) < 4.78 is 34.4. The fourth-order valence-corrected chi connectivity index (χ4v) is 4.36. The van der Waals surface area contributed by atoms with Gasteiger partial charge in [-0.05, 0) is 5.56 Å². The lowest BCUT2D eigenvalue weighted by Gasteiger charge is -2.53. The number of methoxy groups -OCH3 is 3. The summed E-state index contributed by atoms with van der Waals surface area (Å²) in [5.41, 5.74) is 0.250. The zero-order chi connectivity index (χ0) is 24.5. The van der Waals surface area contributed by atoms with Gasteiger partial charge in [-0.15, -0.1) is 6.58 Å². The van der Waals surface area contributed by atoms with Crippen LogP contribution in [0, 0.1) is 5.41 Å². The van der Waals surface area contributed by atoms with Crippen molar-refractivity contribution in [2.24, 2.45) is 5.41 Å². The van der Waals surface area contributed by atoms with Crippen LogP contribution in [0.2, 0.25) is 0 Å². The highest BCUT2D eigenvalue weighted by atomic mass is 16.7. The van der Waals surface area contributed by atoms with Crippen LogP contribution in [-0.4, -0.2) is 81.2 Å². The standard InChI is InChI=1S/C25H40O8/c1-7-21(32-17-28-4)22(29-5)14-19-13-20(26)23(27)25(30-6,33-19)24(2,3)16-31-15-18-11-9-8-10-12-18/h7-12,19-23,26-27H,1,13-17H2,2-6H3/t19-,20-,21-,22-,23-,25+/m0/s1. The highest BCUT2D eigenvalue weighted by molar-refractivity contribution is 5.13. The Hall–Kier alpha value is -1.36. The molecule has 0 aliphatic carbocycles. The number of hydrogen-bond donors (Lipinski definition) is 2. The molecule has 1 fully saturated rings. The van der Waals surface area contributed by atoms with Crippen molar-refractivity contribution in [2.45, 2.75) is 69.6 Å². The Labute approximate surface area is 197 Å². The van der Waals surface area contributed by atoms with Gasteiger partial charge in [0.15, 0.2) is 0 Å². The van der Waals surface area contributed by atoms with Crippen LogP contribution >= 0.6 is 0 Å². The molecule has 1 aliphatic heterocycles. The van der Waals surface area contributed by atoms with Crippen molar-refractivity contribution in [3.05, 3.63) is 48.6 Å². The van der Waals surface area contributed by atoms with Crippen LogP contribution in [0.25, 0.3) is 0 Å². The summed E-state index contributed by atoms with van der Waals surface area (Å²) in [6.45, 7) is 8.34. The van der Waals surface area contributed by atoms with E-state index >= 15 is 0 Å². The van der Waals surface area contributed by atoms with E-state index < -0.39 is 41.7 Å². The van der Waals surface area contributed by atoms with Crippen molar-refractivity contribution in [1.82, 2.24) is 0 Å². The van der Waals surface area contributed by atoms with Gasteiger partial charge in [-0.25, -0.2) is 0 Å². The van der Waals surface area contributed by atoms with Crippen molar-refractivity contribution < 1.29 is 38.6 Å². The maximum absolute atomic E-state index is 11.0. The van der Waals surface area contributed by atoms with E-state index in [0.717, 1.165) is 5.56 Å². The second kappa shape index (κ2) is 12.9. The summed E-state index contributed by atoms with van der Waals surface area (Å²) in [6, 6.07) is 9.82. The highest BCUT2D eigenvalue weighted by Crippen LogP contribution is 2.45. The molecule has 0 spiro atoms. The largest absolute Gasteiger partial charge is 0.390 e. The van der Waals surface area contributed by atoms with Gasteiger partial charge in [-0.1, -0.05) is 50.3 Å². The third-order valence-electron chi connectivity index (χ3n) is 6.20. The van der Waals surface area contributed by atoms with E-state index in [9.17, 15) is 10.2 Å². The minimum atomic E-state index is -1.48. The molecule has 33 heavy (non-hydrogen) atoms. The van der Waals surface area contributed by atoms with Gasteiger partial charge < -0.3 is 38.6 Å².